The van der Waals surface area contributed by atoms with Crippen molar-refractivity contribution in [3.63, 3.8) is 0 Å². The van der Waals surface area contributed by atoms with Gasteiger partial charge in [-0.15, -0.1) is 0 Å². The van der Waals surface area contributed by atoms with Crippen molar-refractivity contribution >= 4 is 87.4 Å². The van der Waals surface area contributed by atoms with E-state index in [1.807, 2.05) is 60.7 Å². The Bertz CT molecular complexity index is 3870. The molecule has 0 radical (unpaired) electrons. The molecule has 0 aliphatic rings. The zero-order valence-corrected chi connectivity index (χ0v) is 31.3. The summed E-state index contributed by atoms with van der Waals surface area (Å²) in [5.74, 6) is 1.66. The molecule has 4 aromatic heterocycles. The second-order valence-corrected chi connectivity index (χ2v) is 15.1. The number of nitrogens with zero attached hydrogens (tertiary/aromatic N) is 3. The normalized spacial score (nSPS) is 12.1. The van der Waals surface area contributed by atoms with E-state index in [-0.39, 0.29) is 0 Å². The highest BCUT2D eigenvalue weighted by molar-refractivity contribution is 6.14. The monoisotopic (exact) mass is 755 g/mol. The Morgan fingerprint density at radius 1 is 0.271 bits per heavy atom. The number of furan rings is 3. The quantitative estimate of drug-likeness (QED) is 0.178. The van der Waals surface area contributed by atoms with E-state index in [0.717, 1.165) is 104 Å². The van der Waals surface area contributed by atoms with E-state index in [2.05, 4.69) is 115 Å². The van der Waals surface area contributed by atoms with E-state index < -0.39 is 0 Å². The Balaban J connectivity index is 1.02. The molecular weight excluding hydrogens is 727 g/mol. The Labute approximate surface area is 335 Å². The van der Waals surface area contributed by atoms with Crippen LogP contribution in [-0.4, -0.2) is 15.0 Å². The first-order valence-corrected chi connectivity index (χ1v) is 19.7. The molecule has 13 rings (SSSR count). The van der Waals surface area contributed by atoms with Gasteiger partial charge in [-0.1, -0.05) is 115 Å². The highest BCUT2D eigenvalue weighted by atomic mass is 16.3. The second-order valence-electron chi connectivity index (χ2n) is 15.1. The lowest BCUT2D eigenvalue weighted by molar-refractivity contribution is 0.668. The number of benzene rings is 9. The molecule has 0 saturated carbocycles. The molecule has 0 unspecified atom stereocenters. The van der Waals surface area contributed by atoms with Crippen LogP contribution in [0.25, 0.3) is 133 Å². The van der Waals surface area contributed by atoms with Crippen molar-refractivity contribution in [2.24, 2.45) is 0 Å². The summed E-state index contributed by atoms with van der Waals surface area (Å²) < 4.78 is 19.2. The smallest absolute Gasteiger partial charge is 0.164 e. The van der Waals surface area contributed by atoms with Gasteiger partial charge in [-0.05, 0) is 93.3 Å². The summed E-state index contributed by atoms with van der Waals surface area (Å²) in [7, 11) is 0. The van der Waals surface area contributed by atoms with Gasteiger partial charge in [-0.25, -0.2) is 15.0 Å². The summed E-state index contributed by atoms with van der Waals surface area (Å²) in [6, 6.07) is 60.5. The van der Waals surface area contributed by atoms with Crippen LogP contribution in [0.1, 0.15) is 0 Å². The van der Waals surface area contributed by atoms with Gasteiger partial charge in [0.1, 0.15) is 33.5 Å². The minimum atomic E-state index is 0.551. The zero-order chi connectivity index (χ0) is 38.6. The molecule has 6 nitrogen and oxygen atoms in total. The summed E-state index contributed by atoms with van der Waals surface area (Å²) >= 11 is 0. The van der Waals surface area contributed by atoms with Gasteiger partial charge >= 0.3 is 0 Å². The summed E-state index contributed by atoms with van der Waals surface area (Å²) in [5.41, 5.74) is 9.68. The lowest BCUT2D eigenvalue weighted by atomic mass is 9.99. The standard InChI is InChI=1S/C53H29N3O3/c1-2-10-31-25-32(20-19-30(31)9-1)34-23-24-39-47(28-34)59-46-18-8-14-41(50(39)46)53-55-51(54-52(56-53)40-13-7-17-45-49(40)38-12-4-6-16-44(38)57-45)35-22-21-33-27-42-37-11-3-5-15-43(37)58-48(42)29-36(33)26-35/h1-29H. The van der Waals surface area contributed by atoms with Crippen molar-refractivity contribution in [3.05, 3.63) is 176 Å². The van der Waals surface area contributed by atoms with Gasteiger partial charge in [-0.3, -0.25) is 0 Å². The number of rotatable bonds is 4. The van der Waals surface area contributed by atoms with E-state index in [1.165, 1.54) is 10.8 Å². The maximum absolute atomic E-state index is 6.60. The van der Waals surface area contributed by atoms with Crippen LogP contribution in [0.15, 0.2) is 189 Å². The van der Waals surface area contributed by atoms with Crippen molar-refractivity contribution in [1.82, 2.24) is 15.0 Å². The van der Waals surface area contributed by atoms with Crippen LogP contribution in [0.2, 0.25) is 0 Å². The number of aromatic nitrogens is 3. The van der Waals surface area contributed by atoms with Crippen molar-refractivity contribution in [3.8, 4) is 45.3 Å². The molecule has 0 aliphatic carbocycles. The van der Waals surface area contributed by atoms with Gasteiger partial charge in [0.2, 0.25) is 0 Å². The third kappa shape index (κ3) is 4.96. The summed E-state index contributed by atoms with van der Waals surface area (Å²) in [6.07, 6.45) is 0. The average Bonchev–Trinajstić information content (AvgIpc) is 3.98. The zero-order valence-electron chi connectivity index (χ0n) is 31.3. The van der Waals surface area contributed by atoms with Crippen LogP contribution >= 0.6 is 0 Å². The van der Waals surface area contributed by atoms with Gasteiger partial charge in [0, 0.05) is 49.0 Å². The van der Waals surface area contributed by atoms with Gasteiger partial charge in [0.25, 0.3) is 0 Å². The van der Waals surface area contributed by atoms with Crippen LogP contribution in [0, 0.1) is 0 Å². The molecule has 0 amide bonds. The van der Waals surface area contributed by atoms with Crippen molar-refractivity contribution in [2.45, 2.75) is 0 Å². The molecule has 0 saturated heterocycles. The summed E-state index contributed by atoms with van der Waals surface area (Å²) in [4.78, 5) is 15.8. The molecule has 0 aliphatic heterocycles. The molecule has 0 fully saturated rings. The van der Waals surface area contributed by atoms with Gasteiger partial charge in [0.05, 0.1) is 0 Å². The second kappa shape index (κ2) is 12.2. The Morgan fingerprint density at radius 3 is 1.58 bits per heavy atom. The molecule has 0 spiro atoms. The fourth-order valence-corrected chi connectivity index (χ4v) is 8.87. The fourth-order valence-electron chi connectivity index (χ4n) is 8.87. The van der Waals surface area contributed by atoms with E-state index in [4.69, 9.17) is 28.2 Å². The third-order valence-electron chi connectivity index (χ3n) is 11.7. The van der Waals surface area contributed by atoms with Gasteiger partial charge < -0.3 is 13.3 Å². The van der Waals surface area contributed by atoms with Crippen LogP contribution < -0.4 is 0 Å². The van der Waals surface area contributed by atoms with Crippen LogP contribution in [0.4, 0.5) is 0 Å². The number of hydrogen-bond acceptors (Lipinski definition) is 6. The molecule has 0 atom stereocenters. The lowest BCUT2D eigenvalue weighted by Gasteiger charge is -2.11. The van der Waals surface area contributed by atoms with Crippen LogP contribution in [0.3, 0.4) is 0 Å². The average molecular weight is 756 g/mol. The van der Waals surface area contributed by atoms with Crippen LogP contribution in [0.5, 0.6) is 0 Å². The maximum atomic E-state index is 6.60. The first-order valence-electron chi connectivity index (χ1n) is 19.7. The fraction of sp³-hybridized carbons (Fsp3) is 0. The molecule has 6 heteroatoms. The molecule has 0 bridgehead atoms. The largest absolute Gasteiger partial charge is 0.456 e. The number of para-hydroxylation sites is 2. The highest BCUT2D eigenvalue weighted by Crippen LogP contribution is 2.41. The highest BCUT2D eigenvalue weighted by Gasteiger charge is 2.21. The Morgan fingerprint density at radius 2 is 0.780 bits per heavy atom. The molecule has 4 heterocycles. The first-order chi connectivity index (χ1) is 29.2. The Hall–Kier alpha value is -8.09. The number of fused-ring (bicyclic) bond motifs is 11. The summed E-state index contributed by atoms with van der Waals surface area (Å²) in [6.45, 7) is 0. The first kappa shape index (κ1) is 32.0. The topological polar surface area (TPSA) is 78.1 Å². The van der Waals surface area contributed by atoms with Crippen LogP contribution in [-0.2, 0) is 0 Å². The SMILES string of the molecule is c1ccc2cc(-c3ccc4c(c3)oc3cccc(-c5nc(-c6ccc7cc8c(cc7c6)oc6ccccc68)nc(-c6cccc7oc8ccccc8c67)n5)c34)ccc2c1. The minimum absolute atomic E-state index is 0.551. The van der Waals surface area contributed by atoms with Crippen molar-refractivity contribution < 1.29 is 13.3 Å². The molecule has 274 valence electrons. The third-order valence-corrected chi connectivity index (χ3v) is 11.7. The van der Waals surface area contributed by atoms with Gasteiger partial charge in [-0.2, -0.15) is 0 Å². The molecule has 59 heavy (non-hydrogen) atoms. The van der Waals surface area contributed by atoms with E-state index >= 15 is 0 Å². The molecule has 9 aromatic carbocycles. The molecular formula is C53H29N3O3. The van der Waals surface area contributed by atoms with E-state index in [1.54, 1.807) is 0 Å². The number of hydrogen-bond donors (Lipinski definition) is 0. The lowest BCUT2D eigenvalue weighted by Crippen LogP contribution is -2.00. The van der Waals surface area contributed by atoms with Crippen molar-refractivity contribution in [2.75, 3.05) is 0 Å². The molecule has 0 N–H and O–H groups in total. The predicted molar refractivity (Wildman–Crippen MR) is 238 cm³/mol. The van der Waals surface area contributed by atoms with Crippen molar-refractivity contribution in [1.29, 1.82) is 0 Å². The molecule has 13 aromatic rings. The Kier molecular flexibility index (Phi) is 6.63. The maximum Gasteiger partial charge on any atom is 0.164 e. The van der Waals surface area contributed by atoms with E-state index in [9.17, 15) is 0 Å². The predicted octanol–water partition coefficient (Wildman–Crippen LogP) is 14.5. The minimum Gasteiger partial charge on any atom is -0.456 e. The summed E-state index contributed by atoms with van der Waals surface area (Å²) in [5, 5.41) is 10.7. The van der Waals surface area contributed by atoms with E-state index in [0.29, 0.717) is 17.5 Å². The van der Waals surface area contributed by atoms with Gasteiger partial charge in [0.15, 0.2) is 17.5 Å².